The van der Waals surface area contributed by atoms with E-state index in [0.29, 0.717) is 5.82 Å². The monoisotopic (exact) mass is 279 g/mol. The van der Waals surface area contributed by atoms with Crippen molar-refractivity contribution in [1.29, 1.82) is 0 Å². The molecule has 1 aromatic heterocycles. The average molecular weight is 279 g/mol. The van der Waals surface area contributed by atoms with Gasteiger partial charge < -0.3 is 15.4 Å². The zero-order valence-electron chi connectivity index (χ0n) is 12.8. The molecule has 0 aromatic carbocycles. The maximum Gasteiger partial charge on any atom is 0.145 e. The van der Waals surface area contributed by atoms with E-state index in [4.69, 9.17) is 5.84 Å². The lowest BCUT2D eigenvalue weighted by Crippen LogP contribution is -2.43. The van der Waals surface area contributed by atoms with Gasteiger partial charge in [-0.1, -0.05) is 20.8 Å². The molecule has 6 nitrogen and oxygen atoms in total. The second-order valence-electron chi connectivity index (χ2n) is 6.81. The van der Waals surface area contributed by atoms with Crippen molar-refractivity contribution in [2.45, 2.75) is 51.6 Å². The van der Waals surface area contributed by atoms with E-state index in [0.717, 1.165) is 37.6 Å². The van der Waals surface area contributed by atoms with Gasteiger partial charge in [0.15, 0.2) is 0 Å². The predicted molar refractivity (Wildman–Crippen MR) is 80.6 cm³/mol. The molecule has 2 heterocycles. The van der Waals surface area contributed by atoms with Crippen LogP contribution >= 0.6 is 0 Å². The lowest BCUT2D eigenvalue weighted by Gasteiger charge is -2.36. The second kappa shape index (κ2) is 5.18. The quantitative estimate of drug-likeness (QED) is 0.560. The highest BCUT2D eigenvalue weighted by atomic mass is 16.3. The van der Waals surface area contributed by atoms with Crippen molar-refractivity contribution in [2.75, 3.05) is 23.4 Å². The molecule has 6 heteroatoms. The molecule has 1 aromatic rings. The molecular weight excluding hydrogens is 254 g/mol. The maximum absolute atomic E-state index is 10.0. The highest BCUT2D eigenvalue weighted by Gasteiger charge is 2.29. The Morgan fingerprint density at radius 3 is 2.40 bits per heavy atom. The first-order chi connectivity index (χ1) is 9.21. The largest absolute Gasteiger partial charge is 0.390 e. The zero-order valence-corrected chi connectivity index (χ0v) is 12.8. The third kappa shape index (κ3) is 3.37. The van der Waals surface area contributed by atoms with E-state index in [-0.39, 0.29) is 5.41 Å². The van der Waals surface area contributed by atoms with E-state index in [1.54, 1.807) is 0 Å². The Bertz CT molecular complexity index is 471. The molecule has 4 N–H and O–H groups in total. The highest BCUT2D eigenvalue weighted by Crippen LogP contribution is 2.28. The standard InChI is InChI=1S/C14H25N5O/c1-13(2,3)12-16-10(18-15)9-11(17-12)19-7-5-14(4,20)6-8-19/h9,20H,5-8,15H2,1-4H3,(H,16,17,18). The molecule has 112 valence electrons. The van der Waals surface area contributed by atoms with Crippen molar-refractivity contribution in [3.8, 4) is 0 Å². The second-order valence-corrected chi connectivity index (χ2v) is 6.81. The minimum atomic E-state index is -0.564. The van der Waals surface area contributed by atoms with Gasteiger partial charge in [-0.15, -0.1) is 0 Å². The van der Waals surface area contributed by atoms with Crippen molar-refractivity contribution in [3.05, 3.63) is 11.9 Å². The molecule has 1 aliphatic heterocycles. The number of aliphatic hydroxyl groups is 1. The predicted octanol–water partition coefficient (Wildman–Crippen LogP) is 1.41. The average Bonchev–Trinajstić information content (AvgIpc) is 2.37. The van der Waals surface area contributed by atoms with Gasteiger partial charge in [0.1, 0.15) is 17.5 Å². The van der Waals surface area contributed by atoms with Gasteiger partial charge in [-0.05, 0) is 19.8 Å². The normalized spacial score (nSPS) is 19.0. The molecule has 0 spiro atoms. The fourth-order valence-electron chi connectivity index (χ4n) is 2.22. The van der Waals surface area contributed by atoms with E-state index in [1.807, 2.05) is 13.0 Å². The Morgan fingerprint density at radius 1 is 1.30 bits per heavy atom. The lowest BCUT2D eigenvalue weighted by atomic mass is 9.93. The van der Waals surface area contributed by atoms with Crippen LogP contribution in [0.3, 0.4) is 0 Å². The molecule has 0 bridgehead atoms. The molecule has 2 rings (SSSR count). The van der Waals surface area contributed by atoms with E-state index < -0.39 is 5.60 Å². The van der Waals surface area contributed by atoms with Crippen LogP contribution in [-0.2, 0) is 5.41 Å². The first-order valence-corrected chi connectivity index (χ1v) is 7.05. The van der Waals surface area contributed by atoms with Gasteiger partial charge in [-0.2, -0.15) is 0 Å². The van der Waals surface area contributed by atoms with Crippen molar-refractivity contribution < 1.29 is 5.11 Å². The summed E-state index contributed by atoms with van der Waals surface area (Å²) >= 11 is 0. The van der Waals surface area contributed by atoms with Crippen LogP contribution in [0.5, 0.6) is 0 Å². The van der Waals surface area contributed by atoms with E-state index >= 15 is 0 Å². The van der Waals surface area contributed by atoms with Gasteiger partial charge in [0.2, 0.25) is 0 Å². The van der Waals surface area contributed by atoms with Gasteiger partial charge in [0.05, 0.1) is 5.60 Å². The number of hydrogen-bond acceptors (Lipinski definition) is 6. The van der Waals surface area contributed by atoms with Crippen LogP contribution in [0.25, 0.3) is 0 Å². The summed E-state index contributed by atoms with van der Waals surface area (Å²) in [5, 5.41) is 10.0. The number of nitrogen functional groups attached to an aromatic ring is 1. The van der Waals surface area contributed by atoms with Crippen molar-refractivity contribution >= 4 is 11.6 Å². The van der Waals surface area contributed by atoms with Gasteiger partial charge in [-0.3, -0.25) is 0 Å². The SMILES string of the molecule is CC1(O)CCN(c2cc(NN)nc(C(C)(C)C)n2)CC1. The summed E-state index contributed by atoms with van der Waals surface area (Å²) in [5.74, 6) is 7.76. The van der Waals surface area contributed by atoms with Crippen molar-refractivity contribution in [3.63, 3.8) is 0 Å². The van der Waals surface area contributed by atoms with Gasteiger partial charge in [0, 0.05) is 24.6 Å². The molecule has 1 saturated heterocycles. The molecule has 1 fully saturated rings. The number of anilines is 2. The third-order valence-corrected chi connectivity index (χ3v) is 3.70. The number of hydrogen-bond donors (Lipinski definition) is 3. The Morgan fingerprint density at radius 2 is 1.90 bits per heavy atom. The summed E-state index contributed by atoms with van der Waals surface area (Å²) < 4.78 is 0. The first kappa shape index (κ1) is 15.0. The number of aromatic nitrogens is 2. The minimum Gasteiger partial charge on any atom is -0.390 e. The summed E-state index contributed by atoms with van der Waals surface area (Å²) in [6.45, 7) is 9.70. The lowest BCUT2D eigenvalue weighted by molar-refractivity contribution is 0.0350. The summed E-state index contributed by atoms with van der Waals surface area (Å²) in [7, 11) is 0. The summed E-state index contributed by atoms with van der Waals surface area (Å²) in [6.07, 6.45) is 1.49. The number of nitrogens with one attached hydrogen (secondary N) is 1. The molecule has 0 atom stereocenters. The number of rotatable bonds is 2. The molecular formula is C14H25N5O. The van der Waals surface area contributed by atoms with Crippen LogP contribution in [0.15, 0.2) is 6.07 Å². The maximum atomic E-state index is 10.0. The third-order valence-electron chi connectivity index (χ3n) is 3.70. The van der Waals surface area contributed by atoms with Crippen molar-refractivity contribution in [1.82, 2.24) is 9.97 Å². The Balaban J connectivity index is 2.28. The number of hydrazine groups is 1. The van der Waals surface area contributed by atoms with Crippen LogP contribution in [0.1, 0.15) is 46.4 Å². The number of nitrogens with zero attached hydrogens (tertiary/aromatic N) is 3. The highest BCUT2D eigenvalue weighted by molar-refractivity contribution is 5.49. The molecule has 0 radical (unpaired) electrons. The number of nitrogens with two attached hydrogens (primary N) is 1. The fraction of sp³-hybridized carbons (Fsp3) is 0.714. The number of piperidine rings is 1. The Labute approximate surface area is 120 Å². The molecule has 0 amide bonds. The van der Waals surface area contributed by atoms with E-state index in [1.165, 1.54) is 0 Å². The Hall–Kier alpha value is -1.40. The van der Waals surface area contributed by atoms with Gasteiger partial charge >= 0.3 is 0 Å². The summed E-state index contributed by atoms with van der Waals surface area (Å²) in [4.78, 5) is 11.3. The van der Waals surface area contributed by atoms with Crippen LogP contribution in [0, 0.1) is 0 Å². The van der Waals surface area contributed by atoms with Crippen LogP contribution in [-0.4, -0.2) is 33.8 Å². The first-order valence-electron chi connectivity index (χ1n) is 7.05. The van der Waals surface area contributed by atoms with Crippen LogP contribution in [0.2, 0.25) is 0 Å². The topological polar surface area (TPSA) is 87.3 Å². The molecule has 0 saturated carbocycles. The van der Waals surface area contributed by atoms with Crippen LogP contribution in [0.4, 0.5) is 11.6 Å². The molecule has 20 heavy (non-hydrogen) atoms. The van der Waals surface area contributed by atoms with Gasteiger partial charge in [0.25, 0.3) is 0 Å². The summed E-state index contributed by atoms with van der Waals surface area (Å²) in [6, 6.07) is 1.86. The van der Waals surface area contributed by atoms with Crippen molar-refractivity contribution in [2.24, 2.45) is 5.84 Å². The van der Waals surface area contributed by atoms with Gasteiger partial charge in [-0.25, -0.2) is 15.8 Å². The Kier molecular flexibility index (Phi) is 3.88. The fourth-order valence-corrected chi connectivity index (χ4v) is 2.22. The van der Waals surface area contributed by atoms with Crippen LogP contribution < -0.4 is 16.2 Å². The zero-order chi connectivity index (χ0) is 15.0. The molecule has 0 unspecified atom stereocenters. The summed E-state index contributed by atoms with van der Waals surface area (Å²) in [5.41, 5.74) is 1.91. The molecule has 0 aliphatic carbocycles. The minimum absolute atomic E-state index is 0.136. The smallest absolute Gasteiger partial charge is 0.145 e. The molecule has 1 aliphatic rings. The van der Waals surface area contributed by atoms with E-state index in [2.05, 4.69) is 41.1 Å². The van der Waals surface area contributed by atoms with E-state index in [9.17, 15) is 5.11 Å².